The van der Waals surface area contributed by atoms with E-state index in [4.69, 9.17) is 6.85 Å². The molecular weight excluding hydrogens is 72.1 g/mol. The molecule has 0 spiro atoms. The van der Waals surface area contributed by atoms with Gasteiger partial charge >= 0.3 is 0 Å². The van der Waals surface area contributed by atoms with Crippen LogP contribution in [0.25, 0.3) is 0 Å². The van der Waals surface area contributed by atoms with Crippen molar-refractivity contribution in [2.75, 3.05) is 0 Å². The fourth-order valence-corrected chi connectivity index (χ4v) is 0.239. The molecule has 0 aliphatic heterocycles. The van der Waals surface area contributed by atoms with Crippen molar-refractivity contribution >= 4 is 0 Å². The van der Waals surface area contributed by atoms with Crippen LogP contribution in [0.4, 0.5) is 0 Å². The number of rotatable bonds is 0. The molecule has 1 aliphatic rings. The Morgan fingerprint density at radius 1 is 1.67 bits per heavy atom. The standard InChI is InChI=1S/C6H7/c1-2-4-6-5-3-1/h1-5H,6H2/i1D,2D,4D,5D,6D. The normalized spacial score (nSPS) is 51.0. The maximum Gasteiger partial charge on any atom is 0.0619 e. The summed E-state index contributed by atoms with van der Waals surface area (Å²) in [4.78, 5) is 0. The van der Waals surface area contributed by atoms with Gasteiger partial charge in [-0.25, -0.2) is 0 Å². The molecule has 31 valence electrons. The summed E-state index contributed by atoms with van der Waals surface area (Å²) in [5.41, 5.74) is 0. The lowest BCUT2D eigenvalue weighted by Crippen LogP contribution is -1.69. The first-order valence-electron chi connectivity index (χ1n) is 4.23. The Bertz CT molecular complexity index is 229. The summed E-state index contributed by atoms with van der Waals surface area (Å²) in [6, 6.07) is -0.660. The molecule has 0 saturated heterocycles. The Morgan fingerprint density at radius 2 is 2.67 bits per heavy atom. The molecule has 0 amide bonds. The molecule has 0 heteroatoms. The Morgan fingerprint density at radius 3 is 3.67 bits per heavy atom. The van der Waals surface area contributed by atoms with E-state index in [9.17, 15) is 0 Å². The molecule has 1 rings (SSSR count). The Kier molecular flexibility index (Phi) is 0.302. The van der Waals surface area contributed by atoms with Crippen molar-refractivity contribution in [1.82, 2.24) is 0 Å². The molecule has 0 nitrogen and oxygen atoms in total. The first kappa shape index (κ1) is 1.00. The van der Waals surface area contributed by atoms with E-state index in [1.807, 2.05) is 0 Å². The van der Waals surface area contributed by atoms with E-state index in [-0.39, 0.29) is 24.6 Å². The second kappa shape index (κ2) is 1.81. The summed E-state index contributed by atoms with van der Waals surface area (Å²) >= 11 is 0. The molecule has 0 fully saturated rings. The fraction of sp³-hybridized carbons (Fsp3) is 0.167. The van der Waals surface area contributed by atoms with E-state index in [2.05, 4.69) is 0 Å². The summed E-state index contributed by atoms with van der Waals surface area (Å²) < 4.78 is 35.7. The third kappa shape index (κ3) is 0.713. The van der Waals surface area contributed by atoms with Gasteiger partial charge in [0.05, 0.1) is 4.11 Å². The van der Waals surface area contributed by atoms with Crippen LogP contribution in [-0.2, 0) is 0 Å². The van der Waals surface area contributed by atoms with Crippen LogP contribution in [0.5, 0.6) is 0 Å². The molecule has 1 atom stereocenters. The van der Waals surface area contributed by atoms with Gasteiger partial charge in [0.2, 0.25) is 0 Å². The number of hydrogen-bond acceptors (Lipinski definition) is 0. The quantitative estimate of drug-likeness (QED) is 0.419. The van der Waals surface area contributed by atoms with E-state index in [0.29, 0.717) is 0 Å². The van der Waals surface area contributed by atoms with Crippen LogP contribution in [0.1, 0.15) is 13.3 Å². The average Bonchev–Trinajstić information content (AvgIpc) is 1.97. The second-order valence-corrected chi connectivity index (χ2v) is 0.869. The zero-order valence-electron chi connectivity index (χ0n) is 8.15. The minimum atomic E-state index is -1.07. The van der Waals surface area contributed by atoms with Crippen LogP contribution in [0.3, 0.4) is 0 Å². The Hall–Kier alpha value is -0.520. The van der Waals surface area contributed by atoms with Crippen molar-refractivity contribution in [2.45, 2.75) is 6.40 Å². The van der Waals surface area contributed by atoms with Crippen molar-refractivity contribution in [1.29, 1.82) is 0 Å². The molecule has 1 radical (unpaired) electrons. The van der Waals surface area contributed by atoms with Gasteiger partial charge in [-0.2, -0.15) is 0 Å². The molecule has 1 aliphatic carbocycles. The summed E-state index contributed by atoms with van der Waals surface area (Å²) in [6.07, 6.45) is -0.0227. The zero-order chi connectivity index (χ0) is 8.59. The van der Waals surface area contributed by atoms with E-state index >= 15 is 0 Å². The van der Waals surface area contributed by atoms with Crippen molar-refractivity contribution in [3.8, 4) is 0 Å². The summed E-state index contributed by atoms with van der Waals surface area (Å²) in [7, 11) is 0. The Balaban J connectivity index is 3.02. The second-order valence-electron chi connectivity index (χ2n) is 0.869. The lowest BCUT2D eigenvalue weighted by Gasteiger charge is -1.87. The average molecular weight is 84.2 g/mol. The van der Waals surface area contributed by atoms with E-state index in [1.165, 1.54) is 0 Å². The predicted molar refractivity (Wildman–Crippen MR) is 27.2 cm³/mol. The van der Waals surface area contributed by atoms with Crippen molar-refractivity contribution < 1.29 is 6.85 Å². The lowest BCUT2D eigenvalue weighted by molar-refractivity contribution is 1.27. The maximum absolute atomic E-state index is 7.19. The highest BCUT2D eigenvalue weighted by Gasteiger charge is 1.78. The molecule has 0 aromatic carbocycles. The third-order valence-corrected chi connectivity index (χ3v) is 0.455. The van der Waals surface area contributed by atoms with E-state index < -0.39 is 6.40 Å². The molecule has 0 heterocycles. The highest BCUT2D eigenvalue weighted by atomic mass is 13.8. The molecule has 0 aromatic heterocycles. The molecule has 1 unspecified atom stereocenters. The number of allylic oxidation sites excluding steroid dienone is 4. The molecule has 0 N–H and O–H groups in total. The summed E-state index contributed by atoms with van der Waals surface area (Å²) in [5, 5.41) is 0. The fourth-order valence-electron chi connectivity index (χ4n) is 0.239. The van der Waals surface area contributed by atoms with Crippen LogP contribution in [0.2, 0.25) is 0 Å². The van der Waals surface area contributed by atoms with Crippen LogP contribution in [0, 0.1) is 6.40 Å². The third-order valence-electron chi connectivity index (χ3n) is 0.455. The van der Waals surface area contributed by atoms with Gasteiger partial charge in [-0.05, 0) is 12.8 Å². The first-order valence-corrected chi connectivity index (χ1v) is 1.65. The predicted octanol–water partition coefficient (Wildman–Crippen LogP) is 1.71. The SMILES string of the molecule is [2H][C]1C=C([2H])C([2H])=C([2H])C1[2H]. The summed E-state index contributed by atoms with van der Waals surface area (Å²) in [6.45, 7) is 0. The topological polar surface area (TPSA) is 0 Å². The molecule has 0 bridgehead atoms. The lowest BCUT2D eigenvalue weighted by atomic mass is 10.2. The van der Waals surface area contributed by atoms with Crippen LogP contribution >= 0.6 is 0 Å². The van der Waals surface area contributed by atoms with Gasteiger partial charge in [-0.1, -0.05) is 24.2 Å². The van der Waals surface area contributed by atoms with Crippen LogP contribution in [-0.4, -0.2) is 0 Å². The van der Waals surface area contributed by atoms with Gasteiger partial charge in [-0.15, -0.1) is 0 Å². The Labute approximate surface area is 45.2 Å². The highest BCUT2D eigenvalue weighted by Crippen LogP contribution is 1.96. The maximum atomic E-state index is 7.19. The first-order chi connectivity index (χ1) is 5.04. The molecule has 6 heavy (non-hydrogen) atoms. The number of hydrogen-bond donors (Lipinski definition) is 0. The van der Waals surface area contributed by atoms with Gasteiger partial charge in [0.1, 0.15) is 0 Å². The van der Waals surface area contributed by atoms with Crippen molar-refractivity contribution in [3.05, 3.63) is 30.6 Å². The minimum absolute atomic E-state index is 0.0870. The zero-order valence-corrected chi connectivity index (χ0v) is 3.15. The smallest absolute Gasteiger partial charge is 0.0619 e. The van der Waals surface area contributed by atoms with Gasteiger partial charge in [-0.3, -0.25) is 0 Å². The van der Waals surface area contributed by atoms with Crippen LogP contribution in [0.15, 0.2) is 24.2 Å². The van der Waals surface area contributed by atoms with Gasteiger partial charge in [0.15, 0.2) is 0 Å². The molecule has 0 aromatic rings. The largest absolute Gasteiger partial charge is 0.0839 e. The van der Waals surface area contributed by atoms with E-state index in [1.54, 1.807) is 0 Å². The summed E-state index contributed by atoms with van der Waals surface area (Å²) in [5.74, 6) is 0. The molecule has 0 saturated carbocycles. The highest BCUT2D eigenvalue weighted by molar-refractivity contribution is 5.14. The van der Waals surface area contributed by atoms with E-state index in [0.717, 1.165) is 6.08 Å². The van der Waals surface area contributed by atoms with Crippen molar-refractivity contribution in [2.24, 2.45) is 0 Å². The minimum Gasteiger partial charge on any atom is -0.0839 e. The molecular formula is C6H7. The van der Waals surface area contributed by atoms with Crippen molar-refractivity contribution in [3.63, 3.8) is 0 Å². The monoisotopic (exact) mass is 84.1 g/mol. The van der Waals surface area contributed by atoms with Gasteiger partial charge < -0.3 is 0 Å². The van der Waals surface area contributed by atoms with Gasteiger partial charge in [0, 0.05) is 2.74 Å². The van der Waals surface area contributed by atoms with Gasteiger partial charge in [0.25, 0.3) is 0 Å². The van der Waals surface area contributed by atoms with Crippen LogP contribution < -0.4 is 0 Å².